The van der Waals surface area contributed by atoms with Crippen molar-refractivity contribution in [1.29, 1.82) is 0 Å². The molecule has 1 aromatic carbocycles. The predicted octanol–water partition coefficient (Wildman–Crippen LogP) is 2.03. The van der Waals surface area contributed by atoms with Gasteiger partial charge in [-0.15, -0.1) is 0 Å². The minimum Gasteiger partial charge on any atom is -0.454 e. The number of rotatable bonds is 3. The molecule has 3 amide bonds. The summed E-state index contributed by atoms with van der Waals surface area (Å²) in [5.41, 5.74) is 0.873. The second kappa shape index (κ2) is 5.47. The van der Waals surface area contributed by atoms with Crippen LogP contribution in [0, 0.1) is 0 Å². The van der Waals surface area contributed by atoms with E-state index >= 15 is 0 Å². The lowest BCUT2D eigenvalue weighted by Crippen LogP contribution is -2.40. The molecule has 5 rings (SSSR count). The van der Waals surface area contributed by atoms with Gasteiger partial charge < -0.3 is 19.2 Å². The lowest BCUT2D eigenvalue weighted by Gasteiger charge is -2.22. The third-order valence-corrected chi connectivity index (χ3v) is 4.96. The monoisotopic (exact) mass is 364 g/mol. The maximum atomic E-state index is 13.1. The maximum Gasteiger partial charge on any atom is 0.325 e. The van der Waals surface area contributed by atoms with Gasteiger partial charge in [0.05, 0.1) is 12.2 Å². The van der Waals surface area contributed by atoms with Crippen molar-refractivity contribution in [2.45, 2.75) is 19.0 Å². The van der Waals surface area contributed by atoms with Gasteiger partial charge in [-0.25, -0.2) is 9.78 Å². The molecule has 3 aromatic rings. The Morgan fingerprint density at radius 1 is 1.19 bits per heavy atom. The van der Waals surface area contributed by atoms with E-state index in [9.17, 15) is 9.59 Å². The van der Waals surface area contributed by atoms with Gasteiger partial charge in [-0.05, 0) is 36.8 Å². The van der Waals surface area contributed by atoms with Crippen molar-refractivity contribution in [2.24, 2.45) is 0 Å². The molecule has 2 aliphatic rings. The highest BCUT2D eigenvalue weighted by molar-refractivity contribution is 6.07. The van der Waals surface area contributed by atoms with E-state index in [1.165, 1.54) is 4.90 Å². The third kappa shape index (κ3) is 2.33. The molecule has 0 saturated carbocycles. The molecular weight excluding hydrogens is 348 g/mol. The van der Waals surface area contributed by atoms with Crippen LogP contribution in [0.25, 0.3) is 5.65 Å². The van der Waals surface area contributed by atoms with Crippen molar-refractivity contribution in [3.63, 3.8) is 0 Å². The lowest BCUT2D eigenvalue weighted by atomic mass is 9.91. The normalized spacial score (nSPS) is 21.1. The van der Waals surface area contributed by atoms with Crippen LogP contribution in [0.3, 0.4) is 0 Å². The van der Waals surface area contributed by atoms with Crippen LogP contribution < -0.4 is 14.8 Å². The maximum absolute atomic E-state index is 13.1. The first kappa shape index (κ1) is 15.7. The minimum atomic E-state index is -1.17. The average molecular weight is 364 g/mol. The lowest BCUT2D eigenvalue weighted by molar-refractivity contribution is -0.131. The van der Waals surface area contributed by atoms with Gasteiger partial charge in [0.15, 0.2) is 11.5 Å². The largest absolute Gasteiger partial charge is 0.454 e. The molecule has 0 spiro atoms. The number of amides is 3. The molecule has 1 atom stereocenters. The summed E-state index contributed by atoms with van der Waals surface area (Å²) in [4.78, 5) is 31.3. The van der Waals surface area contributed by atoms with Gasteiger partial charge in [0.2, 0.25) is 6.79 Å². The summed E-state index contributed by atoms with van der Waals surface area (Å²) in [6.07, 6.45) is 3.68. The second-order valence-electron chi connectivity index (χ2n) is 6.71. The van der Waals surface area contributed by atoms with Gasteiger partial charge in [-0.2, -0.15) is 0 Å². The van der Waals surface area contributed by atoms with Crippen LogP contribution in [0.5, 0.6) is 11.5 Å². The average Bonchev–Trinajstić information content (AvgIpc) is 3.34. The van der Waals surface area contributed by atoms with Crippen molar-refractivity contribution >= 4 is 17.6 Å². The quantitative estimate of drug-likeness (QED) is 0.719. The molecule has 4 heterocycles. The Hall–Kier alpha value is -3.55. The van der Waals surface area contributed by atoms with Crippen molar-refractivity contribution in [3.05, 3.63) is 60.0 Å². The number of imidazole rings is 1. The molecule has 2 aliphatic heterocycles. The first-order valence-corrected chi connectivity index (χ1v) is 8.51. The van der Waals surface area contributed by atoms with Gasteiger partial charge in [0.25, 0.3) is 5.91 Å². The molecule has 1 fully saturated rings. The topological polar surface area (TPSA) is 85.2 Å². The zero-order chi connectivity index (χ0) is 18.6. The summed E-state index contributed by atoms with van der Waals surface area (Å²) < 4.78 is 12.6. The Balaban J connectivity index is 1.45. The number of urea groups is 1. The molecule has 0 aliphatic carbocycles. The highest BCUT2D eigenvalue weighted by atomic mass is 16.7. The van der Waals surface area contributed by atoms with Crippen LogP contribution in [-0.4, -0.2) is 33.0 Å². The van der Waals surface area contributed by atoms with Gasteiger partial charge in [-0.3, -0.25) is 9.69 Å². The fraction of sp³-hybridized carbons (Fsp3) is 0.211. The predicted molar refractivity (Wildman–Crippen MR) is 94.2 cm³/mol. The first-order valence-electron chi connectivity index (χ1n) is 8.51. The van der Waals surface area contributed by atoms with E-state index in [4.69, 9.17) is 9.47 Å². The molecule has 136 valence electrons. The van der Waals surface area contributed by atoms with E-state index in [1.54, 1.807) is 25.1 Å². The van der Waals surface area contributed by atoms with Crippen molar-refractivity contribution < 1.29 is 19.1 Å². The summed E-state index contributed by atoms with van der Waals surface area (Å²) in [5.74, 6) is 0.860. The standard InChI is InChI=1S/C19H16N4O4/c1-19(12-5-6-14-15(8-12)27-11-26-14)17(24)23(18(25)21-19)10-13-9-22-7-3-2-4-16(22)20-13/h2-9H,10-11H2,1H3,(H,21,25)/t19-/m1/s1. The number of hydrogen-bond acceptors (Lipinski definition) is 5. The number of aromatic nitrogens is 2. The highest BCUT2D eigenvalue weighted by Gasteiger charge is 2.49. The van der Waals surface area contributed by atoms with Gasteiger partial charge in [0.1, 0.15) is 11.2 Å². The van der Waals surface area contributed by atoms with E-state index in [2.05, 4.69) is 10.3 Å². The number of carbonyl (C=O) groups is 2. The van der Waals surface area contributed by atoms with Crippen LogP contribution in [0.2, 0.25) is 0 Å². The number of nitrogens with zero attached hydrogens (tertiary/aromatic N) is 3. The van der Waals surface area contributed by atoms with E-state index in [-0.39, 0.29) is 19.2 Å². The van der Waals surface area contributed by atoms with Gasteiger partial charge in [0, 0.05) is 12.4 Å². The van der Waals surface area contributed by atoms with Crippen LogP contribution in [0.1, 0.15) is 18.2 Å². The highest BCUT2D eigenvalue weighted by Crippen LogP contribution is 2.38. The number of ether oxygens (including phenoxy) is 2. The molecule has 0 bridgehead atoms. The molecule has 2 aromatic heterocycles. The zero-order valence-electron chi connectivity index (χ0n) is 14.5. The summed E-state index contributed by atoms with van der Waals surface area (Å²) in [6.45, 7) is 1.94. The summed E-state index contributed by atoms with van der Waals surface area (Å²) in [7, 11) is 0. The van der Waals surface area contributed by atoms with Gasteiger partial charge in [-0.1, -0.05) is 12.1 Å². The van der Waals surface area contributed by atoms with Gasteiger partial charge >= 0.3 is 6.03 Å². The Morgan fingerprint density at radius 3 is 2.89 bits per heavy atom. The number of fused-ring (bicyclic) bond motifs is 2. The van der Waals surface area contributed by atoms with Crippen LogP contribution in [0.4, 0.5) is 4.79 Å². The molecule has 1 saturated heterocycles. The zero-order valence-corrected chi connectivity index (χ0v) is 14.5. The van der Waals surface area contributed by atoms with Crippen LogP contribution in [0.15, 0.2) is 48.8 Å². The molecule has 27 heavy (non-hydrogen) atoms. The molecule has 0 unspecified atom stereocenters. The number of hydrogen-bond donors (Lipinski definition) is 1. The Morgan fingerprint density at radius 2 is 2.04 bits per heavy atom. The number of benzene rings is 1. The second-order valence-corrected chi connectivity index (χ2v) is 6.71. The fourth-order valence-electron chi connectivity index (χ4n) is 3.47. The van der Waals surface area contributed by atoms with Crippen molar-refractivity contribution in [2.75, 3.05) is 6.79 Å². The summed E-state index contributed by atoms with van der Waals surface area (Å²) in [5, 5.41) is 2.80. The smallest absolute Gasteiger partial charge is 0.325 e. The Labute approximate surface area is 154 Å². The van der Waals surface area contributed by atoms with E-state index in [0.29, 0.717) is 22.8 Å². The number of nitrogens with one attached hydrogen (secondary N) is 1. The Bertz CT molecular complexity index is 1060. The fourth-order valence-corrected chi connectivity index (χ4v) is 3.47. The number of pyridine rings is 1. The third-order valence-electron chi connectivity index (χ3n) is 4.96. The molecular formula is C19H16N4O4. The Kier molecular flexibility index (Phi) is 3.18. The number of imide groups is 1. The number of carbonyl (C=O) groups excluding carboxylic acids is 2. The van der Waals surface area contributed by atoms with Crippen LogP contribution >= 0.6 is 0 Å². The van der Waals surface area contributed by atoms with Crippen molar-refractivity contribution in [3.8, 4) is 11.5 Å². The van der Waals surface area contributed by atoms with E-state index in [0.717, 1.165) is 5.65 Å². The first-order chi connectivity index (χ1) is 13.0. The summed E-state index contributed by atoms with van der Waals surface area (Å²) >= 11 is 0. The molecule has 8 nitrogen and oxygen atoms in total. The molecule has 0 radical (unpaired) electrons. The molecule has 8 heteroatoms. The van der Waals surface area contributed by atoms with Crippen molar-refractivity contribution in [1.82, 2.24) is 19.6 Å². The SMILES string of the molecule is C[C@]1(c2ccc3c(c2)OCO3)NC(=O)N(Cc2cn3ccccc3n2)C1=O. The van der Waals surface area contributed by atoms with E-state index in [1.807, 2.05) is 35.0 Å². The van der Waals surface area contributed by atoms with E-state index < -0.39 is 11.6 Å². The van der Waals surface area contributed by atoms with Crippen LogP contribution in [-0.2, 0) is 16.9 Å². The molecule has 1 N–H and O–H groups in total. The summed E-state index contributed by atoms with van der Waals surface area (Å²) in [6, 6.07) is 10.4. The minimum absolute atomic E-state index is 0.104.